The summed E-state index contributed by atoms with van der Waals surface area (Å²) in [6, 6.07) is 9.00. The Kier molecular flexibility index (Phi) is 5.03. The molecule has 1 aromatic carbocycles. The fraction of sp³-hybridized carbons (Fsp3) is 0.188. The molecule has 0 radical (unpaired) electrons. The summed E-state index contributed by atoms with van der Waals surface area (Å²) in [7, 11) is 1.52. The third-order valence-electron chi connectivity index (χ3n) is 3.38. The van der Waals surface area contributed by atoms with Gasteiger partial charge in [0.15, 0.2) is 10.8 Å². The fourth-order valence-corrected chi connectivity index (χ4v) is 2.88. The van der Waals surface area contributed by atoms with E-state index in [-0.39, 0.29) is 22.5 Å². The normalized spacial score (nSPS) is 11.5. The number of hydrogen-bond acceptors (Lipinski definition) is 5. The number of alkyl halides is 3. The quantitative estimate of drug-likeness (QED) is 0.684. The lowest BCUT2D eigenvalue weighted by molar-refractivity contribution is -0.137. The van der Waals surface area contributed by atoms with Gasteiger partial charge in [0.1, 0.15) is 5.75 Å². The van der Waals surface area contributed by atoms with Crippen molar-refractivity contribution in [1.29, 1.82) is 0 Å². The zero-order valence-electron chi connectivity index (χ0n) is 13.4. The summed E-state index contributed by atoms with van der Waals surface area (Å²) in [5.74, 6) is 0.236. The standard InChI is InChI=1S/C16H13F3N4O2S/c1-25-12-4-2-3-11(7-12)20-14(24)9-26-15-22-21-13-6-5-10(8-23(13)15)16(17,18)19/h2-8H,9H2,1H3,(H,20,24). The molecular weight excluding hydrogens is 369 g/mol. The molecule has 0 spiro atoms. The molecular formula is C16H13F3N4O2S. The van der Waals surface area contributed by atoms with E-state index in [9.17, 15) is 18.0 Å². The smallest absolute Gasteiger partial charge is 0.417 e. The van der Waals surface area contributed by atoms with Crippen molar-refractivity contribution in [2.45, 2.75) is 11.3 Å². The van der Waals surface area contributed by atoms with Gasteiger partial charge >= 0.3 is 6.18 Å². The van der Waals surface area contributed by atoms with Crippen LogP contribution in [-0.2, 0) is 11.0 Å². The number of anilines is 1. The summed E-state index contributed by atoms with van der Waals surface area (Å²) >= 11 is 0.992. The molecule has 1 N–H and O–H groups in total. The lowest BCUT2D eigenvalue weighted by atomic mass is 10.3. The second kappa shape index (κ2) is 7.24. The Morgan fingerprint density at radius 1 is 1.27 bits per heavy atom. The third kappa shape index (κ3) is 4.07. The van der Waals surface area contributed by atoms with Crippen molar-refractivity contribution in [3.63, 3.8) is 0 Å². The minimum Gasteiger partial charge on any atom is -0.497 e. The number of amides is 1. The molecule has 0 unspecified atom stereocenters. The second-order valence-corrected chi connectivity index (χ2v) is 6.14. The van der Waals surface area contributed by atoms with Crippen LogP contribution in [0.2, 0.25) is 0 Å². The number of methoxy groups -OCH3 is 1. The van der Waals surface area contributed by atoms with E-state index in [1.54, 1.807) is 24.3 Å². The Morgan fingerprint density at radius 3 is 2.81 bits per heavy atom. The van der Waals surface area contributed by atoms with E-state index in [1.165, 1.54) is 17.6 Å². The average Bonchev–Trinajstić information content (AvgIpc) is 3.01. The number of benzene rings is 1. The molecule has 0 aliphatic heterocycles. The molecule has 0 saturated heterocycles. The van der Waals surface area contributed by atoms with Gasteiger partial charge < -0.3 is 10.1 Å². The number of ether oxygens (including phenoxy) is 1. The minimum absolute atomic E-state index is 0.0335. The van der Waals surface area contributed by atoms with Crippen molar-refractivity contribution in [3.05, 3.63) is 48.2 Å². The van der Waals surface area contributed by atoms with E-state index >= 15 is 0 Å². The van der Waals surface area contributed by atoms with Crippen LogP contribution in [0.15, 0.2) is 47.8 Å². The molecule has 136 valence electrons. The van der Waals surface area contributed by atoms with E-state index in [4.69, 9.17) is 4.74 Å². The van der Waals surface area contributed by atoms with Gasteiger partial charge in [0.2, 0.25) is 5.91 Å². The van der Waals surface area contributed by atoms with Gasteiger partial charge in [0.05, 0.1) is 18.4 Å². The van der Waals surface area contributed by atoms with Crippen LogP contribution in [0.3, 0.4) is 0 Å². The van der Waals surface area contributed by atoms with E-state index < -0.39 is 11.7 Å². The maximum Gasteiger partial charge on any atom is 0.417 e. The maximum absolute atomic E-state index is 12.8. The molecule has 0 aliphatic carbocycles. The van der Waals surface area contributed by atoms with Crippen LogP contribution in [0.1, 0.15) is 5.56 Å². The van der Waals surface area contributed by atoms with Crippen molar-refractivity contribution in [3.8, 4) is 5.75 Å². The van der Waals surface area contributed by atoms with Crippen LogP contribution in [-0.4, -0.2) is 33.4 Å². The minimum atomic E-state index is -4.47. The average molecular weight is 382 g/mol. The van der Waals surface area contributed by atoms with Crippen molar-refractivity contribution in [2.24, 2.45) is 0 Å². The van der Waals surface area contributed by atoms with Crippen molar-refractivity contribution in [2.75, 3.05) is 18.2 Å². The first-order valence-corrected chi connectivity index (χ1v) is 8.34. The van der Waals surface area contributed by atoms with Gasteiger partial charge in [-0.15, -0.1) is 10.2 Å². The Balaban J connectivity index is 1.70. The number of hydrogen-bond donors (Lipinski definition) is 1. The van der Waals surface area contributed by atoms with Crippen LogP contribution in [0, 0.1) is 0 Å². The number of nitrogens with one attached hydrogen (secondary N) is 1. The highest BCUT2D eigenvalue weighted by atomic mass is 32.2. The summed E-state index contributed by atoms with van der Waals surface area (Å²) in [5, 5.41) is 10.5. The second-order valence-electron chi connectivity index (χ2n) is 5.20. The fourth-order valence-electron chi connectivity index (χ4n) is 2.16. The molecule has 6 nitrogen and oxygen atoms in total. The van der Waals surface area contributed by atoms with Crippen molar-refractivity contribution < 1.29 is 22.7 Å². The summed E-state index contributed by atoms with van der Waals surface area (Å²) < 4.78 is 44.8. The number of thioether (sulfide) groups is 1. The molecule has 2 heterocycles. The van der Waals surface area contributed by atoms with Gasteiger partial charge in [-0.25, -0.2) is 0 Å². The molecule has 2 aromatic heterocycles. The first-order chi connectivity index (χ1) is 12.4. The summed E-state index contributed by atoms with van der Waals surface area (Å²) in [6.45, 7) is 0. The predicted molar refractivity (Wildman–Crippen MR) is 90.3 cm³/mol. The lowest BCUT2D eigenvalue weighted by Gasteiger charge is -2.08. The van der Waals surface area contributed by atoms with Crippen LogP contribution >= 0.6 is 11.8 Å². The monoisotopic (exact) mass is 382 g/mol. The Morgan fingerprint density at radius 2 is 2.08 bits per heavy atom. The molecule has 3 rings (SSSR count). The highest BCUT2D eigenvalue weighted by Gasteiger charge is 2.31. The number of halogens is 3. The number of aromatic nitrogens is 3. The predicted octanol–water partition coefficient (Wildman–Crippen LogP) is 3.49. The molecule has 0 saturated carbocycles. The molecule has 3 aromatic rings. The molecule has 1 amide bonds. The van der Waals surface area contributed by atoms with E-state index in [1.807, 2.05) is 0 Å². The summed E-state index contributed by atoms with van der Waals surface area (Å²) in [5.41, 5.74) is 0.0154. The molecule has 0 atom stereocenters. The van der Waals surface area contributed by atoms with E-state index in [2.05, 4.69) is 15.5 Å². The van der Waals surface area contributed by atoms with Crippen LogP contribution in [0.25, 0.3) is 5.65 Å². The van der Waals surface area contributed by atoms with Crippen molar-refractivity contribution >= 4 is 29.0 Å². The number of fused-ring (bicyclic) bond motifs is 1. The van der Waals surface area contributed by atoms with Gasteiger partial charge in [-0.3, -0.25) is 9.20 Å². The summed E-state index contributed by atoms with van der Waals surface area (Å²) in [6.07, 6.45) is -3.55. The maximum atomic E-state index is 12.8. The zero-order valence-corrected chi connectivity index (χ0v) is 14.3. The van der Waals surface area contributed by atoms with Gasteiger partial charge in [-0.2, -0.15) is 13.2 Å². The zero-order chi connectivity index (χ0) is 18.7. The number of carbonyl (C=O) groups excluding carboxylic acids is 1. The van der Waals surface area contributed by atoms with Gasteiger partial charge in [-0.05, 0) is 24.3 Å². The SMILES string of the molecule is COc1cccc(NC(=O)CSc2nnc3ccc(C(F)(F)F)cn23)c1. The molecule has 0 fully saturated rings. The largest absolute Gasteiger partial charge is 0.497 e. The highest BCUT2D eigenvalue weighted by Crippen LogP contribution is 2.30. The van der Waals surface area contributed by atoms with Crippen LogP contribution in [0.5, 0.6) is 5.75 Å². The molecule has 0 aliphatic rings. The van der Waals surface area contributed by atoms with Gasteiger partial charge in [-0.1, -0.05) is 17.8 Å². The number of nitrogens with zero attached hydrogens (tertiary/aromatic N) is 3. The molecule has 26 heavy (non-hydrogen) atoms. The first kappa shape index (κ1) is 18.1. The Labute approximate surface area is 150 Å². The number of carbonyl (C=O) groups is 1. The number of pyridine rings is 1. The first-order valence-electron chi connectivity index (χ1n) is 7.35. The van der Waals surface area contributed by atoms with Crippen molar-refractivity contribution in [1.82, 2.24) is 14.6 Å². The Bertz CT molecular complexity index is 943. The topological polar surface area (TPSA) is 68.5 Å². The lowest BCUT2D eigenvalue weighted by Crippen LogP contribution is -2.14. The van der Waals surface area contributed by atoms with Gasteiger partial charge in [0.25, 0.3) is 0 Å². The number of rotatable bonds is 5. The Hall–Kier alpha value is -2.75. The van der Waals surface area contributed by atoms with Crippen LogP contribution in [0.4, 0.5) is 18.9 Å². The van der Waals surface area contributed by atoms with Crippen LogP contribution < -0.4 is 10.1 Å². The summed E-state index contributed by atoms with van der Waals surface area (Å²) in [4.78, 5) is 12.1. The van der Waals surface area contributed by atoms with E-state index in [0.717, 1.165) is 24.0 Å². The van der Waals surface area contributed by atoms with E-state index in [0.29, 0.717) is 11.4 Å². The van der Waals surface area contributed by atoms with Gasteiger partial charge in [0, 0.05) is 18.0 Å². The highest BCUT2D eigenvalue weighted by molar-refractivity contribution is 7.99. The third-order valence-corrected chi connectivity index (χ3v) is 4.33. The molecule has 0 bridgehead atoms. The molecule has 10 heteroatoms.